The molecule has 0 fully saturated rings. The van der Waals surface area contributed by atoms with Crippen LogP contribution in [0.3, 0.4) is 0 Å². The van der Waals surface area contributed by atoms with Crippen LogP contribution in [-0.4, -0.2) is 52.8 Å². The molecular weight excluding hydrogens is 230 g/mol. The summed E-state index contributed by atoms with van der Waals surface area (Å²) in [5.74, 6) is -0.687. The maximum absolute atomic E-state index is 11.6. The molecule has 94 valence electrons. The second kappa shape index (κ2) is 5.98. The number of nitrogens with zero attached hydrogens (tertiary/aromatic N) is 1. The lowest BCUT2D eigenvalue weighted by Gasteiger charge is -2.28. The number of carboxylic acids is 1. The van der Waals surface area contributed by atoms with E-state index in [0.29, 0.717) is 5.75 Å². The second-order valence-electron chi connectivity index (χ2n) is 4.40. The molecule has 5 nitrogen and oxygen atoms in total. The highest BCUT2D eigenvalue weighted by Crippen LogP contribution is 2.12. The average Bonchev–Trinajstić information content (AvgIpc) is 2.09. The molecule has 0 aliphatic carbocycles. The fourth-order valence-corrected chi connectivity index (χ4v) is 1.65. The molecule has 16 heavy (non-hydrogen) atoms. The molecule has 0 unspecified atom stereocenters. The van der Waals surface area contributed by atoms with Crippen LogP contribution in [0.1, 0.15) is 20.8 Å². The Morgan fingerprint density at radius 3 is 2.25 bits per heavy atom. The van der Waals surface area contributed by atoms with Crippen molar-refractivity contribution in [3.63, 3.8) is 0 Å². The normalized spacial score (nSPS) is 13.1. The molecule has 6 heteroatoms. The van der Waals surface area contributed by atoms with Gasteiger partial charge in [0.25, 0.3) is 0 Å². The molecule has 0 spiro atoms. The van der Waals surface area contributed by atoms with Gasteiger partial charge in [0.05, 0.1) is 0 Å². The van der Waals surface area contributed by atoms with Gasteiger partial charge < -0.3 is 9.84 Å². The Balaban J connectivity index is 4.55. The first kappa shape index (κ1) is 15.1. The van der Waals surface area contributed by atoms with Crippen molar-refractivity contribution in [3.05, 3.63) is 0 Å². The Bertz CT molecular complexity index is 262. The first-order valence-electron chi connectivity index (χ1n) is 4.86. The van der Waals surface area contributed by atoms with Gasteiger partial charge in [-0.05, 0) is 27.0 Å². The molecule has 0 aromatic rings. The summed E-state index contributed by atoms with van der Waals surface area (Å²) in [6, 6.07) is -0.857. The van der Waals surface area contributed by atoms with E-state index in [1.165, 1.54) is 18.8 Å². The zero-order chi connectivity index (χ0) is 12.9. The highest BCUT2D eigenvalue weighted by atomic mass is 32.2. The number of rotatable bonds is 4. The highest BCUT2D eigenvalue weighted by Gasteiger charge is 2.29. The molecule has 1 amide bonds. The van der Waals surface area contributed by atoms with Crippen molar-refractivity contribution < 1.29 is 19.4 Å². The molecule has 0 radical (unpaired) electrons. The number of ether oxygens (including phenoxy) is 1. The average molecular weight is 249 g/mol. The first-order valence-corrected chi connectivity index (χ1v) is 6.26. The summed E-state index contributed by atoms with van der Waals surface area (Å²) in [5, 5.41) is 8.96. The minimum atomic E-state index is -1.03. The van der Waals surface area contributed by atoms with E-state index in [1.54, 1.807) is 27.0 Å². The van der Waals surface area contributed by atoms with E-state index in [-0.39, 0.29) is 0 Å². The van der Waals surface area contributed by atoms with Crippen molar-refractivity contribution in [2.24, 2.45) is 0 Å². The fourth-order valence-electron chi connectivity index (χ4n) is 0.968. The van der Waals surface area contributed by atoms with Gasteiger partial charge in [0.1, 0.15) is 11.6 Å². The van der Waals surface area contributed by atoms with Gasteiger partial charge in [-0.25, -0.2) is 9.59 Å². The van der Waals surface area contributed by atoms with Gasteiger partial charge in [-0.3, -0.25) is 4.90 Å². The Labute approximate surface area is 100 Å². The molecule has 0 aromatic heterocycles. The zero-order valence-corrected chi connectivity index (χ0v) is 11.1. The number of amides is 1. The lowest BCUT2D eigenvalue weighted by atomic mass is 10.2. The number of carboxylic acid groups (broad SMARTS) is 1. The van der Waals surface area contributed by atoms with Crippen LogP contribution >= 0.6 is 11.8 Å². The summed E-state index contributed by atoms with van der Waals surface area (Å²) in [6.45, 7) is 5.22. The van der Waals surface area contributed by atoms with Crippen molar-refractivity contribution in [2.45, 2.75) is 32.4 Å². The molecule has 0 aromatic carbocycles. The Morgan fingerprint density at radius 1 is 1.44 bits per heavy atom. The molecule has 0 rings (SSSR count). The molecule has 0 aliphatic rings. The van der Waals surface area contributed by atoms with Crippen LogP contribution in [0.4, 0.5) is 4.79 Å². The standard InChI is InChI=1S/C10H19NO4S/c1-10(2,3)15-9(14)11(4)7(6-16-5)8(12)13/h7H,6H2,1-5H3,(H,12,13)/t7-/m0/s1. The van der Waals surface area contributed by atoms with E-state index in [0.717, 1.165) is 4.90 Å². The van der Waals surface area contributed by atoms with Crippen LogP contribution in [0, 0.1) is 0 Å². The van der Waals surface area contributed by atoms with Gasteiger partial charge in [0.15, 0.2) is 0 Å². The molecule has 0 heterocycles. The number of hydrogen-bond donors (Lipinski definition) is 1. The van der Waals surface area contributed by atoms with Gasteiger partial charge in [0.2, 0.25) is 0 Å². The minimum Gasteiger partial charge on any atom is -0.480 e. The Hall–Kier alpha value is -0.910. The van der Waals surface area contributed by atoms with Gasteiger partial charge in [-0.1, -0.05) is 0 Å². The SMILES string of the molecule is CSC[C@@H](C(=O)O)N(C)C(=O)OC(C)(C)C. The van der Waals surface area contributed by atoms with E-state index in [2.05, 4.69) is 0 Å². The van der Waals surface area contributed by atoms with Crippen molar-refractivity contribution in [1.29, 1.82) is 0 Å². The van der Waals surface area contributed by atoms with Crippen LogP contribution in [0.5, 0.6) is 0 Å². The molecule has 0 aliphatic heterocycles. The number of carbonyl (C=O) groups excluding carboxylic acids is 1. The third kappa shape index (κ3) is 5.25. The van der Waals surface area contributed by atoms with E-state index in [4.69, 9.17) is 9.84 Å². The largest absolute Gasteiger partial charge is 0.480 e. The first-order chi connectivity index (χ1) is 7.19. The van der Waals surface area contributed by atoms with E-state index in [9.17, 15) is 9.59 Å². The topological polar surface area (TPSA) is 66.8 Å². The van der Waals surface area contributed by atoms with Crippen LogP contribution < -0.4 is 0 Å². The summed E-state index contributed by atoms with van der Waals surface area (Å²) in [5.41, 5.74) is -0.617. The monoisotopic (exact) mass is 249 g/mol. The van der Waals surface area contributed by atoms with Crippen LogP contribution in [0.25, 0.3) is 0 Å². The molecule has 1 atom stereocenters. The minimum absolute atomic E-state index is 0.338. The summed E-state index contributed by atoms with van der Waals surface area (Å²) in [4.78, 5) is 23.7. The summed E-state index contributed by atoms with van der Waals surface area (Å²) in [7, 11) is 1.43. The quantitative estimate of drug-likeness (QED) is 0.821. The van der Waals surface area contributed by atoms with Gasteiger partial charge >= 0.3 is 12.1 Å². The fraction of sp³-hybridized carbons (Fsp3) is 0.800. The third-order valence-electron chi connectivity index (χ3n) is 1.76. The van der Waals surface area contributed by atoms with Crippen molar-refractivity contribution in [3.8, 4) is 0 Å². The third-order valence-corrected chi connectivity index (χ3v) is 2.41. The summed E-state index contributed by atoms with van der Waals surface area (Å²) in [6.07, 6.45) is 1.17. The van der Waals surface area contributed by atoms with E-state index in [1.807, 2.05) is 0 Å². The maximum atomic E-state index is 11.6. The predicted molar refractivity (Wildman–Crippen MR) is 63.8 cm³/mol. The maximum Gasteiger partial charge on any atom is 0.410 e. The smallest absolute Gasteiger partial charge is 0.410 e. The number of thioether (sulfide) groups is 1. The predicted octanol–water partition coefficient (Wildman–Crippen LogP) is 1.67. The zero-order valence-electron chi connectivity index (χ0n) is 10.3. The van der Waals surface area contributed by atoms with Gasteiger partial charge in [-0.15, -0.1) is 0 Å². The summed E-state index contributed by atoms with van der Waals surface area (Å²) >= 11 is 1.37. The molecule has 0 saturated carbocycles. The van der Waals surface area contributed by atoms with E-state index >= 15 is 0 Å². The van der Waals surface area contributed by atoms with Crippen LogP contribution in [0.15, 0.2) is 0 Å². The van der Waals surface area contributed by atoms with E-state index < -0.39 is 23.7 Å². The lowest BCUT2D eigenvalue weighted by Crippen LogP contribution is -2.46. The number of likely N-dealkylation sites (N-methyl/N-ethyl adjacent to an activating group) is 1. The molecular formula is C10H19NO4S. The van der Waals surface area contributed by atoms with Crippen LogP contribution in [0.2, 0.25) is 0 Å². The Kier molecular flexibility index (Phi) is 5.64. The van der Waals surface area contributed by atoms with Crippen molar-refractivity contribution in [2.75, 3.05) is 19.1 Å². The number of carbonyl (C=O) groups is 2. The molecule has 0 saturated heterocycles. The summed E-state index contributed by atoms with van der Waals surface area (Å²) < 4.78 is 5.09. The molecule has 1 N–H and O–H groups in total. The van der Waals surface area contributed by atoms with Crippen LogP contribution in [-0.2, 0) is 9.53 Å². The second-order valence-corrected chi connectivity index (χ2v) is 5.31. The highest BCUT2D eigenvalue weighted by molar-refractivity contribution is 7.98. The Morgan fingerprint density at radius 2 is 1.94 bits per heavy atom. The molecule has 0 bridgehead atoms. The van der Waals surface area contributed by atoms with Crippen molar-refractivity contribution >= 4 is 23.8 Å². The lowest BCUT2D eigenvalue weighted by molar-refractivity contribution is -0.141. The number of hydrogen-bond acceptors (Lipinski definition) is 4. The number of aliphatic carboxylic acids is 1. The van der Waals surface area contributed by atoms with Gasteiger partial charge in [0, 0.05) is 12.8 Å². The van der Waals surface area contributed by atoms with Gasteiger partial charge in [-0.2, -0.15) is 11.8 Å². The van der Waals surface area contributed by atoms with Crippen molar-refractivity contribution in [1.82, 2.24) is 4.90 Å².